The molecule has 5 heteroatoms. The zero-order valence-electron chi connectivity index (χ0n) is 16.3. The molecule has 0 radical (unpaired) electrons. The van der Waals surface area contributed by atoms with Gasteiger partial charge in [-0.3, -0.25) is 9.69 Å². The Bertz CT molecular complexity index is 543. The van der Waals surface area contributed by atoms with Crippen molar-refractivity contribution in [1.29, 1.82) is 0 Å². The number of carbonyl (C=O) groups is 1. The van der Waals surface area contributed by atoms with Gasteiger partial charge in [-0.1, -0.05) is 12.1 Å². The number of amides is 1. The molecule has 1 saturated heterocycles. The van der Waals surface area contributed by atoms with Gasteiger partial charge >= 0.3 is 0 Å². The van der Waals surface area contributed by atoms with Crippen molar-refractivity contribution < 1.29 is 9.53 Å². The first-order valence-electron chi connectivity index (χ1n) is 9.20. The van der Waals surface area contributed by atoms with E-state index in [4.69, 9.17) is 4.74 Å². The van der Waals surface area contributed by atoms with E-state index in [1.165, 1.54) is 5.56 Å². The number of hydrogen-bond donors (Lipinski definition) is 1. The molecule has 0 spiro atoms. The standard InChI is InChI=1S/C20H33N3O2/c1-16(19(24)21-20(2,3)4)23-14-12-22(13-15-23)11-10-17-6-8-18(25-5)9-7-17/h6-9,16H,10-15H2,1-5H3,(H,21,24). The summed E-state index contributed by atoms with van der Waals surface area (Å²) in [6.45, 7) is 13.1. The number of benzene rings is 1. The first-order chi connectivity index (χ1) is 11.8. The number of nitrogens with one attached hydrogen (secondary N) is 1. The van der Waals surface area contributed by atoms with Crippen LogP contribution in [0.15, 0.2) is 24.3 Å². The summed E-state index contributed by atoms with van der Waals surface area (Å²) in [4.78, 5) is 17.1. The highest BCUT2D eigenvalue weighted by atomic mass is 16.5. The normalized spacial score (nSPS) is 18.0. The molecule has 1 aromatic carbocycles. The van der Waals surface area contributed by atoms with Gasteiger partial charge < -0.3 is 15.0 Å². The van der Waals surface area contributed by atoms with E-state index >= 15 is 0 Å². The highest BCUT2D eigenvalue weighted by molar-refractivity contribution is 5.81. The van der Waals surface area contributed by atoms with E-state index in [0.29, 0.717) is 0 Å². The molecule has 0 saturated carbocycles. The van der Waals surface area contributed by atoms with Crippen molar-refractivity contribution in [3.63, 3.8) is 0 Å². The van der Waals surface area contributed by atoms with E-state index in [1.54, 1.807) is 7.11 Å². The Balaban J connectivity index is 1.74. The Hall–Kier alpha value is -1.59. The van der Waals surface area contributed by atoms with Crippen LogP contribution in [0.4, 0.5) is 0 Å². The molecule has 25 heavy (non-hydrogen) atoms. The molecule has 0 aliphatic carbocycles. The molecule has 5 nitrogen and oxygen atoms in total. The van der Waals surface area contributed by atoms with Crippen LogP contribution >= 0.6 is 0 Å². The number of methoxy groups -OCH3 is 1. The number of hydrogen-bond acceptors (Lipinski definition) is 4. The number of nitrogens with zero attached hydrogens (tertiary/aromatic N) is 2. The summed E-state index contributed by atoms with van der Waals surface area (Å²) >= 11 is 0. The number of carbonyl (C=O) groups excluding carboxylic acids is 1. The van der Waals surface area contributed by atoms with E-state index < -0.39 is 0 Å². The third-order valence-corrected chi connectivity index (χ3v) is 4.71. The van der Waals surface area contributed by atoms with Crippen molar-refractivity contribution >= 4 is 5.91 Å². The molecule has 0 bridgehead atoms. The van der Waals surface area contributed by atoms with Crippen LogP contribution in [0.2, 0.25) is 0 Å². The van der Waals surface area contributed by atoms with E-state index in [0.717, 1.165) is 44.9 Å². The van der Waals surface area contributed by atoms with E-state index in [9.17, 15) is 4.79 Å². The van der Waals surface area contributed by atoms with Gasteiger partial charge in [0.05, 0.1) is 13.2 Å². The van der Waals surface area contributed by atoms with Gasteiger partial charge in [0.1, 0.15) is 5.75 Å². The van der Waals surface area contributed by atoms with Crippen LogP contribution in [-0.4, -0.2) is 67.1 Å². The Labute approximate surface area is 152 Å². The second kappa shape index (κ2) is 8.68. The second-order valence-corrected chi connectivity index (χ2v) is 7.89. The van der Waals surface area contributed by atoms with Crippen LogP contribution in [0.5, 0.6) is 5.75 Å². The molecule has 1 heterocycles. The maximum absolute atomic E-state index is 12.3. The minimum atomic E-state index is -0.175. The molecule has 2 rings (SSSR count). The summed E-state index contributed by atoms with van der Waals surface area (Å²) in [5.74, 6) is 1.03. The van der Waals surface area contributed by atoms with Crippen molar-refractivity contribution in [3.8, 4) is 5.75 Å². The van der Waals surface area contributed by atoms with Gasteiger partial charge in [-0.15, -0.1) is 0 Å². The van der Waals surface area contributed by atoms with E-state index in [1.807, 2.05) is 39.8 Å². The largest absolute Gasteiger partial charge is 0.497 e. The lowest BCUT2D eigenvalue weighted by molar-refractivity contribution is -0.128. The van der Waals surface area contributed by atoms with Crippen molar-refractivity contribution in [2.75, 3.05) is 39.8 Å². The van der Waals surface area contributed by atoms with Crippen LogP contribution in [0.25, 0.3) is 0 Å². The lowest BCUT2D eigenvalue weighted by Crippen LogP contribution is -2.56. The molecular formula is C20H33N3O2. The van der Waals surface area contributed by atoms with Gasteiger partial charge in [-0.05, 0) is 51.8 Å². The number of piperazine rings is 1. The molecule has 1 amide bonds. The van der Waals surface area contributed by atoms with Crippen molar-refractivity contribution in [2.45, 2.75) is 45.7 Å². The quantitative estimate of drug-likeness (QED) is 0.856. The summed E-state index contributed by atoms with van der Waals surface area (Å²) in [5, 5.41) is 3.08. The summed E-state index contributed by atoms with van der Waals surface area (Å²) in [5.41, 5.74) is 1.16. The predicted octanol–water partition coefficient (Wildman–Crippen LogP) is 2.16. The van der Waals surface area contributed by atoms with Crippen molar-refractivity contribution in [3.05, 3.63) is 29.8 Å². The predicted molar refractivity (Wildman–Crippen MR) is 102 cm³/mol. The molecule has 1 unspecified atom stereocenters. The maximum atomic E-state index is 12.3. The Kier molecular flexibility index (Phi) is 6.85. The summed E-state index contributed by atoms with van der Waals surface area (Å²) in [6.07, 6.45) is 1.05. The van der Waals surface area contributed by atoms with Crippen LogP contribution < -0.4 is 10.1 Å². The van der Waals surface area contributed by atoms with Gasteiger partial charge in [0.15, 0.2) is 0 Å². The SMILES string of the molecule is COc1ccc(CCN2CCN(C(C)C(=O)NC(C)(C)C)CC2)cc1. The molecule has 1 fully saturated rings. The third-order valence-electron chi connectivity index (χ3n) is 4.71. The fourth-order valence-electron chi connectivity index (χ4n) is 3.09. The van der Waals surface area contributed by atoms with Gasteiger partial charge in [-0.2, -0.15) is 0 Å². The smallest absolute Gasteiger partial charge is 0.237 e. The number of ether oxygens (including phenoxy) is 1. The summed E-state index contributed by atoms with van der Waals surface area (Å²) in [6, 6.07) is 8.23. The summed E-state index contributed by atoms with van der Waals surface area (Å²) < 4.78 is 5.20. The molecular weight excluding hydrogens is 314 g/mol. The average Bonchev–Trinajstić information content (AvgIpc) is 2.58. The third kappa shape index (κ3) is 6.33. The lowest BCUT2D eigenvalue weighted by Gasteiger charge is -2.38. The first kappa shape index (κ1) is 19.7. The highest BCUT2D eigenvalue weighted by Gasteiger charge is 2.27. The van der Waals surface area contributed by atoms with Crippen LogP contribution in [0.1, 0.15) is 33.3 Å². The fraction of sp³-hybridized carbons (Fsp3) is 0.650. The van der Waals surface area contributed by atoms with E-state index in [2.05, 4.69) is 27.2 Å². The lowest BCUT2D eigenvalue weighted by atomic mass is 10.1. The molecule has 1 aliphatic rings. The van der Waals surface area contributed by atoms with Crippen LogP contribution in [-0.2, 0) is 11.2 Å². The summed E-state index contributed by atoms with van der Waals surface area (Å²) in [7, 11) is 1.69. The average molecular weight is 348 g/mol. The zero-order valence-corrected chi connectivity index (χ0v) is 16.3. The Morgan fingerprint density at radius 3 is 2.28 bits per heavy atom. The minimum absolute atomic E-state index is 0.0667. The Morgan fingerprint density at radius 1 is 1.16 bits per heavy atom. The molecule has 1 atom stereocenters. The molecule has 140 valence electrons. The molecule has 1 N–H and O–H groups in total. The molecule has 0 aromatic heterocycles. The first-order valence-corrected chi connectivity index (χ1v) is 9.20. The van der Waals surface area contributed by atoms with Crippen molar-refractivity contribution in [1.82, 2.24) is 15.1 Å². The highest BCUT2D eigenvalue weighted by Crippen LogP contribution is 2.13. The van der Waals surface area contributed by atoms with Crippen LogP contribution in [0, 0.1) is 0 Å². The molecule has 1 aromatic rings. The monoisotopic (exact) mass is 347 g/mol. The van der Waals surface area contributed by atoms with E-state index in [-0.39, 0.29) is 17.5 Å². The minimum Gasteiger partial charge on any atom is -0.497 e. The topological polar surface area (TPSA) is 44.8 Å². The number of rotatable bonds is 6. The van der Waals surface area contributed by atoms with Crippen molar-refractivity contribution in [2.24, 2.45) is 0 Å². The van der Waals surface area contributed by atoms with Gasteiger partial charge in [0.2, 0.25) is 5.91 Å². The molecule has 1 aliphatic heterocycles. The second-order valence-electron chi connectivity index (χ2n) is 7.89. The maximum Gasteiger partial charge on any atom is 0.237 e. The zero-order chi connectivity index (χ0) is 18.4. The van der Waals surface area contributed by atoms with Gasteiger partial charge in [0, 0.05) is 38.3 Å². The van der Waals surface area contributed by atoms with Gasteiger partial charge in [0.25, 0.3) is 0 Å². The Morgan fingerprint density at radius 2 is 1.76 bits per heavy atom. The fourth-order valence-corrected chi connectivity index (χ4v) is 3.09. The van der Waals surface area contributed by atoms with Gasteiger partial charge in [-0.25, -0.2) is 0 Å². The van der Waals surface area contributed by atoms with Crippen LogP contribution in [0.3, 0.4) is 0 Å².